The Morgan fingerprint density at radius 3 is 3.06 bits per heavy atom. The number of carboxylic acids is 1. The molecule has 2 aromatic rings. The quantitative estimate of drug-likeness (QED) is 0.800. The van der Waals surface area contributed by atoms with E-state index in [2.05, 4.69) is 20.4 Å². The standard InChI is InChI=1S/C10H11N5O2/c1-7(10(16)17)14-8-3-2-4-12-9(8)15-6-11-5-13-15/h2-7,14H,1H3,(H,16,17). The van der Waals surface area contributed by atoms with E-state index in [0.29, 0.717) is 11.5 Å². The first kappa shape index (κ1) is 11.1. The van der Waals surface area contributed by atoms with E-state index >= 15 is 0 Å². The second kappa shape index (κ2) is 4.60. The molecule has 0 radical (unpaired) electrons. The van der Waals surface area contributed by atoms with Gasteiger partial charge in [0.05, 0.1) is 5.69 Å². The second-order valence-electron chi connectivity index (χ2n) is 3.42. The van der Waals surface area contributed by atoms with E-state index < -0.39 is 12.0 Å². The lowest BCUT2D eigenvalue weighted by molar-refractivity contribution is -0.137. The molecule has 2 heterocycles. The fourth-order valence-electron chi connectivity index (χ4n) is 1.30. The van der Waals surface area contributed by atoms with Crippen LogP contribution >= 0.6 is 0 Å². The van der Waals surface area contributed by atoms with E-state index in [1.54, 1.807) is 25.3 Å². The van der Waals surface area contributed by atoms with Crippen molar-refractivity contribution in [3.63, 3.8) is 0 Å². The zero-order valence-corrected chi connectivity index (χ0v) is 9.11. The number of aromatic nitrogens is 4. The molecule has 0 aromatic carbocycles. The minimum Gasteiger partial charge on any atom is -0.480 e. The molecular formula is C10H11N5O2. The highest BCUT2D eigenvalue weighted by Crippen LogP contribution is 2.16. The molecule has 1 unspecified atom stereocenters. The molecule has 17 heavy (non-hydrogen) atoms. The molecule has 7 heteroatoms. The third kappa shape index (κ3) is 2.39. The van der Waals surface area contributed by atoms with Gasteiger partial charge in [0.15, 0.2) is 5.82 Å². The van der Waals surface area contributed by atoms with E-state index in [-0.39, 0.29) is 0 Å². The highest BCUT2D eigenvalue weighted by atomic mass is 16.4. The summed E-state index contributed by atoms with van der Waals surface area (Å²) in [6.07, 6.45) is 4.49. The van der Waals surface area contributed by atoms with Gasteiger partial charge in [-0.1, -0.05) is 0 Å². The third-order valence-electron chi connectivity index (χ3n) is 2.16. The summed E-state index contributed by atoms with van der Waals surface area (Å²) in [4.78, 5) is 18.7. The minimum atomic E-state index is -0.932. The van der Waals surface area contributed by atoms with Gasteiger partial charge in [-0.05, 0) is 19.1 Å². The number of anilines is 1. The van der Waals surface area contributed by atoms with Gasteiger partial charge in [-0.25, -0.2) is 14.6 Å². The molecule has 0 bridgehead atoms. The van der Waals surface area contributed by atoms with Gasteiger partial charge < -0.3 is 10.4 Å². The maximum atomic E-state index is 10.8. The Bertz CT molecular complexity index is 511. The number of nitrogens with zero attached hydrogens (tertiary/aromatic N) is 4. The van der Waals surface area contributed by atoms with Gasteiger partial charge in [-0.2, -0.15) is 5.10 Å². The molecule has 1 atom stereocenters. The Balaban J connectivity index is 2.32. The highest BCUT2D eigenvalue weighted by molar-refractivity contribution is 5.77. The van der Waals surface area contributed by atoms with E-state index in [0.717, 1.165) is 0 Å². The summed E-state index contributed by atoms with van der Waals surface area (Å²) in [6.45, 7) is 1.56. The van der Waals surface area contributed by atoms with Gasteiger partial charge in [0, 0.05) is 6.20 Å². The molecule has 2 rings (SSSR count). The van der Waals surface area contributed by atoms with E-state index in [4.69, 9.17) is 5.11 Å². The molecule has 0 aliphatic rings. The Kier molecular flexibility index (Phi) is 2.99. The molecule has 0 fully saturated rings. The van der Waals surface area contributed by atoms with Crippen molar-refractivity contribution < 1.29 is 9.90 Å². The smallest absolute Gasteiger partial charge is 0.325 e. The molecule has 0 saturated heterocycles. The molecule has 0 spiro atoms. The fourth-order valence-corrected chi connectivity index (χ4v) is 1.30. The summed E-state index contributed by atoms with van der Waals surface area (Å²) in [5.74, 6) is -0.420. The molecule has 0 amide bonds. The van der Waals surface area contributed by atoms with Crippen LogP contribution in [0, 0.1) is 0 Å². The first-order valence-electron chi connectivity index (χ1n) is 4.98. The van der Waals surface area contributed by atoms with Crippen LogP contribution < -0.4 is 5.32 Å². The van der Waals surface area contributed by atoms with Gasteiger partial charge >= 0.3 is 5.97 Å². The van der Waals surface area contributed by atoms with Crippen LogP contribution in [0.25, 0.3) is 5.82 Å². The normalized spacial score (nSPS) is 12.1. The molecular weight excluding hydrogens is 222 g/mol. The number of nitrogens with one attached hydrogen (secondary N) is 1. The molecule has 0 aliphatic carbocycles. The van der Waals surface area contributed by atoms with Crippen LogP contribution in [0.4, 0.5) is 5.69 Å². The molecule has 88 valence electrons. The monoisotopic (exact) mass is 233 g/mol. The number of rotatable bonds is 4. The first-order chi connectivity index (χ1) is 8.18. The topological polar surface area (TPSA) is 92.9 Å². The lowest BCUT2D eigenvalue weighted by atomic mass is 10.3. The number of hydrogen-bond acceptors (Lipinski definition) is 5. The summed E-state index contributed by atoms with van der Waals surface area (Å²) >= 11 is 0. The van der Waals surface area contributed by atoms with Crippen molar-refractivity contribution in [3.05, 3.63) is 31.0 Å². The number of carbonyl (C=O) groups is 1. The van der Waals surface area contributed by atoms with Crippen LogP contribution in [-0.2, 0) is 4.79 Å². The van der Waals surface area contributed by atoms with Crippen molar-refractivity contribution in [1.82, 2.24) is 19.7 Å². The van der Waals surface area contributed by atoms with Gasteiger partial charge in [-0.15, -0.1) is 0 Å². The van der Waals surface area contributed by atoms with Gasteiger partial charge in [0.1, 0.15) is 18.7 Å². The van der Waals surface area contributed by atoms with Crippen LogP contribution in [-0.4, -0.2) is 36.9 Å². The summed E-state index contributed by atoms with van der Waals surface area (Å²) in [6, 6.07) is 2.75. The molecule has 7 nitrogen and oxygen atoms in total. The second-order valence-corrected chi connectivity index (χ2v) is 3.42. The molecule has 2 aromatic heterocycles. The summed E-state index contributed by atoms with van der Waals surface area (Å²) < 4.78 is 1.47. The number of pyridine rings is 1. The Hall–Kier alpha value is -2.44. The molecule has 2 N–H and O–H groups in total. The van der Waals surface area contributed by atoms with Crippen LogP contribution in [0.15, 0.2) is 31.0 Å². The van der Waals surface area contributed by atoms with Crippen LogP contribution in [0.1, 0.15) is 6.92 Å². The fraction of sp³-hybridized carbons (Fsp3) is 0.200. The van der Waals surface area contributed by atoms with Gasteiger partial charge in [0.25, 0.3) is 0 Å². The molecule has 0 saturated carbocycles. The van der Waals surface area contributed by atoms with E-state index in [9.17, 15) is 4.79 Å². The van der Waals surface area contributed by atoms with Crippen molar-refractivity contribution in [2.24, 2.45) is 0 Å². The number of aliphatic carboxylic acids is 1. The van der Waals surface area contributed by atoms with Gasteiger partial charge in [0.2, 0.25) is 0 Å². The zero-order valence-electron chi connectivity index (χ0n) is 9.11. The molecule has 0 aliphatic heterocycles. The minimum absolute atomic E-state index is 0.512. The van der Waals surface area contributed by atoms with Crippen molar-refractivity contribution in [3.8, 4) is 5.82 Å². The van der Waals surface area contributed by atoms with Crippen molar-refractivity contribution in [1.29, 1.82) is 0 Å². The van der Waals surface area contributed by atoms with Crippen molar-refractivity contribution >= 4 is 11.7 Å². The maximum absolute atomic E-state index is 10.8. The van der Waals surface area contributed by atoms with E-state index in [1.807, 2.05) is 0 Å². The Morgan fingerprint density at radius 2 is 2.41 bits per heavy atom. The predicted octanol–water partition coefficient (Wildman–Crippen LogP) is 0.547. The first-order valence-corrected chi connectivity index (χ1v) is 4.98. The van der Waals surface area contributed by atoms with Crippen LogP contribution in [0.2, 0.25) is 0 Å². The average Bonchev–Trinajstić information content (AvgIpc) is 2.83. The van der Waals surface area contributed by atoms with Crippen LogP contribution in [0.5, 0.6) is 0 Å². The zero-order chi connectivity index (χ0) is 12.3. The summed E-state index contributed by atoms with van der Waals surface area (Å²) in [5, 5.41) is 15.6. The third-order valence-corrected chi connectivity index (χ3v) is 2.16. The Morgan fingerprint density at radius 1 is 1.59 bits per heavy atom. The lowest BCUT2D eigenvalue weighted by Gasteiger charge is -2.13. The number of hydrogen-bond donors (Lipinski definition) is 2. The lowest BCUT2D eigenvalue weighted by Crippen LogP contribution is -2.26. The largest absolute Gasteiger partial charge is 0.480 e. The van der Waals surface area contributed by atoms with Crippen molar-refractivity contribution in [2.45, 2.75) is 13.0 Å². The summed E-state index contributed by atoms with van der Waals surface area (Å²) in [5.41, 5.74) is 0.591. The SMILES string of the molecule is CC(Nc1cccnc1-n1cncn1)C(=O)O. The highest BCUT2D eigenvalue weighted by Gasteiger charge is 2.13. The summed E-state index contributed by atoms with van der Waals surface area (Å²) in [7, 11) is 0. The number of carboxylic acid groups (broad SMARTS) is 1. The average molecular weight is 233 g/mol. The van der Waals surface area contributed by atoms with Crippen molar-refractivity contribution in [2.75, 3.05) is 5.32 Å². The van der Waals surface area contributed by atoms with Crippen LogP contribution in [0.3, 0.4) is 0 Å². The van der Waals surface area contributed by atoms with Gasteiger partial charge in [-0.3, -0.25) is 4.79 Å². The van der Waals surface area contributed by atoms with E-state index in [1.165, 1.54) is 17.3 Å². The Labute approximate surface area is 97.1 Å². The predicted molar refractivity (Wildman–Crippen MR) is 59.9 cm³/mol. The maximum Gasteiger partial charge on any atom is 0.325 e.